The molecule has 0 radical (unpaired) electrons. The number of methoxy groups -OCH3 is 1. The molecule has 3 rings (SSSR count). The van der Waals surface area contributed by atoms with Gasteiger partial charge in [0.25, 0.3) is 5.91 Å². The second-order valence-corrected chi connectivity index (χ2v) is 6.47. The highest BCUT2D eigenvalue weighted by Gasteiger charge is 2.23. The molecule has 2 aromatic rings. The minimum absolute atomic E-state index is 0.00417. The molecule has 0 saturated carbocycles. The summed E-state index contributed by atoms with van der Waals surface area (Å²) >= 11 is 1.42. The average Bonchev–Trinajstić information content (AvgIpc) is 3.15. The normalized spacial score (nSPS) is 15.6. The predicted octanol–water partition coefficient (Wildman–Crippen LogP) is 0.813. The number of carbonyl (C=O) groups excluding carboxylic acids is 1. The molecular weight excluding hydrogens is 328 g/mol. The van der Waals surface area contributed by atoms with Crippen molar-refractivity contribution in [1.29, 1.82) is 0 Å². The van der Waals surface area contributed by atoms with E-state index < -0.39 is 0 Å². The Bertz CT molecular complexity index is 685. The summed E-state index contributed by atoms with van der Waals surface area (Å²) in [5, 5.41) is 5.13. The van der Waals surface area contributed by atoms with E-state index in [9.17, 15) is 4.79 Å². The molecule has 9 heteroatoms. The SMILES string of the molecule is COCCc1nsc(N2CCCN(C(=O)c3ccn(C)n3)CC2)n1. The topological polar surface area (TPSA) is 76.4 Å². The van der Waals surface area contributed by atoms with Crippen molar-refractivity contribution in [2.45, 2.75) is 12.8 Å². The monoisotopic (exact) mass is 350 g/mol. The lowest BCUT2D eigenvalue weighted by Gasteiger charge is -2.20. The third-order valence-electron chi connectivity index (χ3n) is 3.97. The van der Waals surface area contributed by atoms with Crippen LogP contribution in [0.2, 0.25) is 0 Å². The van der Waals surface area contributed by atoms with Gasteiger partial charge in [0.15, 0.2) is 0 Å². The molecule has 1 aliphatic heterocycles. The Kier molecular flexibility index (Phi) is 5.41. The zero-order valence-corrected chi connectivity index (χ0v) is 14.8. The van der Waals surface area contributed by atoms with Gasteiger partial charge in [-0.25, -0.2) is 4.98 Å². The fourth-order valence-corrected chi connectivity index (χ4v) is 3.43. The molecule has 0 unspecified atom stereocenters. The Hall–Kier alpha value is -2.00. The number of hydrogen-bond donors (Lipinski definition) is 0. The van der Waals surface area contributed by atoms with E-state index in [0.717, 1.165) is 43.4 Å². The van der Waals surface area contributed by atoms with E-state index in [1.807, 2.05) is 11.9 Å². The lowest BCUT2D eigenvalue weighted by molar-refractivity contribution is 0.0760. The first-order valence-corrected chi connectivity index (χ1v) is 8.80. The summed E-state index contributed by atoms with van der Waals surface area (Å²) < 4.78 is 11.1. The average molecular weight is 350 g/mol. The van der Waals surface area contributed by atoms with Crippen LogP contribution in [-0.2, 0) is 18.2 Å². The Morgan fingerprint density at radius 2 is 2.21 bits per heavy atom. The van der Waals surface area contributed by atoms with Gasteiger partial charge in [0, 0.05) is 64.5 Å². The van der Waals surface area contributed by atoms with Crippen LogP contribution in [0.25, 0.3) is 0 Å². The maximum atomic E-state index is 12.5. The van der Waals surface area contributed by atoms with Gasteiger partial charge in [-0.2, -0.15) is 9.47 Å². The van der Waals surface area contributed by atoms with Gasteiger partial charge in [-0.15, -0.1) is 0 Å². The zero-order valence-electron chi connectivity index (χ0n) is 14.0. The Morgan fingerprint density at radius 1 is 1.33 bits per heavy atom. The number of aryl methyl sites for hydroxylation is 1. The molecule has 130 valence electrons. The number of nitrogens with zero attached hydrogens (tertiary/aromatic N) is 6. The summed E-state index contributed by atoms with van der Waals surface area (Å²) in [7, 11) is 3.49. The summed E-state index contributed by atoms with van der Waals surface area (Å²) in [6, 6.07) is 1.76. The van der Waals surface area contributed by atoms with Gasteiger partial charge in [0.1, 0.15) is 11.5 Å². The molecule has 24 heavy (non-hydrogen) atoms. The second kappa shape index (κ2) is 7.71. The van der Waals surface area contributed by atoms with Crippen LogP contribution in [0.1, 0.15) is 22.7 Å². The van der Waals surface area contributed by atoms with Crippen LogP contribution in [0.3, 0.4) is 0 Å². The number of amides is 1. The highest BCUT2D eigenvalue weighted by Crippen LogP contribution is 2.20. The maximum absolute atomic E-state index is 12.5. The third kappa shape index (κ3) is 3.90. The van der Waals surface area contributed by atoms with Crippen molar-refractivity contribution in [1.82, 2.24) is 24.0 Å². The molecule has 1 aliphatic rings. The highest BCUT2D eigenvalue weighted by atomic mass is 32.1. The van der Waals surface area contributed by atoms with Crippen molar-refractivity contribution >= 4 is 22.6 Å². The maximum Gasteiger partial charge on any atom is 0.274 e. The van der Waals surface area contributed by atoms with Crippen LogP contribution in [0.4, 0.5) is 5.13 Å². The van der Waals surface area contributed by atoms with E-state index in [-0.39, 0.29) is 5.91 Å². The third-order valence-corrected chi connectivity index (χ3v) is 4.79. The molecule has 1 saturated heterocycles. The van der Waals surface area contributed by atoms with Crippen LogP contribution in [0.15, 0.2) is 12.3 Å². The van der Waals surface area contributed by atoms with Crippen LogP contribution >= 0.6 is 11.5 Å². The molecule has 1 amide bonds. The van der Waals surface area contributed by atoms with Crippen molar-refractivity contribution in [3.8, 4) is 0 Å². The first kappa shape index (κ1) is 16.8. The number of hydrogen-bond acceptors (Lipinski definition) is 7. The fraction of sp³-hybridized carbons (Fsp3) is 0.600. The molecule has 1 fully saturated rings. The summed E-state index contributed by atoms with van der Waals surface area (Å²) in [5.41, 5.74) is 0.503. The molecule has 3 heterocycles. The van der Waals surface area contributed by atoms with Gasteiger partial charge >= 0.3 is 0 Å². The van der Waals surface area contributed by atoms with Crippen molar-refractivity contribution < 1.29 is 9.53 Å². The standard InChI is InChI=1S/C15H22N6O2S/c1-19-8-4-12(17-19)14(22)20-6-3-7-21(10-9-20)15-16-13(18-24-15)5-11-23-2/h4,8H,3,5-7,9-11H2,1-2H3. The van der Waals surface area contributed by atoms with Crippen molar-refractivity contribution in [2.75, 3.05) is 44.8 Å². The molecule has 0 N–H and O–H groups in total. The molecule has 8 nitrogen and oxygen atoms in total. The smallest absolute Gasteiger partial charge is 0.274 e. The lowest BCUT2D eigenvalue weighted by Crippen LogP contribution is -2.35. The van der Waals surface area contributed by atoms with Crippen molar-refractivity contribution in [3.63, 3.8) is 0 Å². The molecule has 0 atom stereocenters. The minimum Gasteiger partial charge on any atom is -0.384 e. The number of anilines is 1. The zero-order chi connectivity index (χ0) is 16.9. The quantitative estimate of drug-likeness (QED) is 0.794. The van der Waals surface area contributed by atoms with Gasteiger partial charge < -0.3 is 14.5 Å². The van der Waals surface area contributed by atoms with E-state index in [0.29, 0.717) is 18.8 Å². The first-order chi connectivity index (χ1) is 11.7. The molecule has 2 aromatic heterocycles. The van der Waals surface area contributed by atoms with E-state index in [1.54, 1.807) is 24.1 Å². The van der Waals surface area contributed by atoms with Gasteiger partial charge in [-0.05, 0) is 12.5 Å². The Morgan fingerprint density at radius 3 is 2.96 bits per heavy atom. The van der Waals surface area contributed by atoms with E-state index in [4.69, 9.17) is 4.74 Å². The summed E-state index contributed by atoms with van der Waals surface area (Å²) in [6.45, 7) is 3.68. The molecule has 0 aliphatic carbocycles. The van der Waals surface area contributed by atoms with Crippen LogP contribution in [0.5, 0.6) is 0 Å². The largest absolute Gasteiger partial charge is 0.384 e. The van der Waals surface area contributed by atoms with Gasteiger partial charge in [0.2, 0.25) is 5.13 Å². The highest BCUT2D eigenvalue weighted by molar-refractivity contribution is 7.09. The van der Waals surface area contributed by atoms with Crippen LogP contribution in [-0.4, -0.2) is 69.8 Å². The van der Waals surface area contributed by atoms with Crippen LogP contribution in [0, 0.1) is 0 Å². The van der Waals surface area contributed by atoms with E-state index in [1.165, 1.54) is 11.5 Å². The fourth-order valence-electron chi connectivity index (χ4n) is 2.67. The summed E-state index contributed by atoms with van der Waals surface area (Å²) in [5.74, 6) is 0.818. The number of rotatable bonds is 5. The summed E-state index contributed by atoms with van der Waals surface area (Å²) in [6.07, 6.45) is 3.43. The second-order valence-electron chi connectivity index (χ2n) is 5.74. The minimum atomic E-state index is -0.00417. The Balaban J connectivity index is 1.60. The Labute approximate surface area is 145 Å². The molecule has 0 bridgehead atoms. The molecular formula is C15H22N6O2S. The van der Waals surface area contributed by atoms with Crippen molar-refractivity contribution in [2.24, 2.45) is 7.05 Å². The predicted molar refractivity (Wildman–Crippen MR) is 91.4 cm³/mol. The van der Waals surface area contributed by atoms with Gasteiger partial charge in [-0.3, -0.25) is 9.48 Å². The number of aromatic nitrogens is 4. The van der Waals surface area contributed by atoms with Gasteiger partial charge in [-0.1, -0.05) is 0 Å². The number of carbonyl (C=O) groups is 1. The van der Waals surface area contributed by atoms with Gasteiger partial charge in [0.05, 0.1) is 6.61 Å². The lowest BCUT2D eigenvalue weighted by atomic mass is 10.3. The number of ether oxygens (including phenoxy) is 1. The van der Waals surface area contributed by atoms with Crippen molar-refractivity contribution in [3.05, 3.63) is 23.8 Å². The van der Waals surface area contributed by atoms with E-state index >= 15 is 0 Å². The van der Waals surface area contributed by atoms with E-state index in [2.05, 4.69) is 19.4 Å². The molecule has 0 aromatic carbocycles. The summed E-state index contributed by atoms with van der Waals surface area (Å²) in [4.78, 5) is 21.2. The van der Waals surface area contributed by atoms with Crippen LogP contribution < -0.4 is 4.90 Å². The molecule has 0 spiro atoms. The first-order valence-electron chi connectivity index (χ1n) is 8.03.